The van der Waals surface area contributed by atoms with Gasteiger partial charge in [-0.3, -0.25) is 14.2 Å². The Hall–Kier alpha value is -2.16. The van der Waals surface area contributed by atoms with Crippen LogP contribution in [-0.2, 0) is 19.4 Å². The van der Waals surface area contributed by atoms with Crippen LogP contribution in [0.3, 0.4) is 0 Å². The molecule has 0 N–H and O–H groups in total. The molecule has 0 spiro atoms. The van der Waals surface area contributed by atoms with Crippen LogP contribution in [0.4, 0.5) is 0 Å². The first-order valence-corrected chi connectivity index (χ1v) is 15.0. The van der Waals surface area contributed by atoms with Crippen molar-refractivity contribution in [3.8, 4) is 0 Å². The molecule has 0 aliphatic heterocycles. The number of hydrogen-bond acceptors (Lipinski definition) is 6. The number of ketones is 1. The van der Waals surface area contributed by atoms with Crippen LogP contribution in [0.5, 0.6) is 0 Å². The minimum Gasteiger partial charge on any atom is -0.343 e. The fourth-order valence-corrected chi connectivity index (χ4v) is 7.94. The molecule has 0 saturated carbocycles. The molecule has 8 heteroatoms. The number of Topliss-reactive ketones (excluding diaryl/α,β-unsaturated/α-hetero) is 1. The lowest BCUT2D eigenvalue weighted by Crippen LogP contribution is -2.26. The summed E-state index contributed by atoms with van der Waals surface area (Å²) in [6.07, 6.45) is 5.17. The fourth-order valence-electron chi connectivity index (χ4n) is 4.96. The lowest BCUT2D eigenvalue weighted by molar-refractivity contribution is 0.102. The maximum absolute atomic E-state index is 13.7. The summed E-state index contributed by atoms with van der Waals surface area (Å²) in [6, 6.07) is 6.21. The van der Waals surface area contributed by atoms with Crippen LogP contribution >= 0.6 is 34.4 Å². The zero-order chi connectivity index (χ0) is 24.7. The van der Waals surface area contributed by atoms with Gasteiger partial charge in [-0.05, 0) is 76.0 Å². The van der Waals surface area contributed by atoms with Crippen molar-refractivity contribution in [3.05, 3.63) is 66.2 Å². The van der Waals surface area contributed by atoms with Crippen molar-refractivity contribution in [1.29, 1.82) is 0 Å². The number of thioether (sulfide) groups is 1. The molecule has 0 radical (unpaired) electrons. The molecule has 1 aliphatic carbocycles. The monoisotopic (exact) mass is 525 g/mol. The lowest BCUT2D eigenvalue weighted by atomic mass is 9.97. The average Bonchev–Trinajstić information content (AvgIpc) is 3.56. The van der Waals surface area contributed by atoms with Gasteiger partial charge in [-0.1, -0.05) is 24.8 Å². The van der Waals surface area contributed by atoms with Crippen molar-refractivity contribution in [1.82, 2.24) is 14.1 Å². The Kier molecular flexibility index (Phi) is 7.06. The molecule has 0 aromatic carbocycles. The second kappa shape index (κ2) is 10.1. The molecular weight excluding hydrogens is 495 g/mol. The Bertz CT molecular complexity index is 1440. The van der Waals surface area contributed by atoms with Crippen molar-refractivity contribution >= 4 is 50.4 Å². The maximum atomic E-state index is 13.7. The number of carbonyl (C=O) groups is 1. The van der Waals surface area contributed by atoms with Crippen LogP contribution < -0.4 is 5.56 Å². The van der Waals surface area contributed by atoms with E-state index < -0.39 is 0 Å². The van der Waals surface area contributed by atoms with Crippen molar-refractivity contribution in [2.75, 3.05) is 5.75 Å². The smallest absolute Gasteiger partial charge is 0.263 e. The fraction of sp³-hybridized carbons (Fsp3) is 0.444. The van der Waals surface area contributed by atoms with Crippen LogP contribution in [0.2, 0.25) is 0 Å². The Morgan fingerprint density at radius 3 is 2.80 bits per heavy atom. The first kappa shape index (κ1) is 24.5. The summed E-state index contributed by atoms with van der Waals surface area (Å²) < 4.78 is 4.04. The van der Waals surface area contributed by atoms with Crippen LogP contribution in [0.25, 0.3) is 10.2 Å². The first-order valence-electron chi connectivity index (χ1n) is 12.3. The van der Waals surface area contributed by atoms with E-state index in [1.807, 2.05) is 17.6 Å². The molecule has 0 fully saturated rings. The normalized spacial score (nSPS) is 14.4. The second-order valence-corrected chi connectivity index (χ2v) is 12.4. The molecule has 5 rings (SSSR count). The molecule has 0 bridgehead atoms. The van der Waals surface area contributed by atoms with Crippen molar-refractivity contribution in [2.24, 2.45) is 0 Å². The van der Waals surface area contributed by atoms with Gasteiger partial charge in [-0.15, -0.1) is 22.7 Å². The summed E-state index contributed by atoms with van der Waals surface area (Å²) in [4.78, 5) is 35.4. The molecule has 1 unspecified atom stereocenters. The predicted octanol–water partition coefficient (Wildman–Crippen LogP) is 6.81. The van der Waals surface area contributed by atoms with Gasteiger partial charge in [0, 0.05) is 32.7 Å². The van der Waals surface area contributed by atoms with E-state index >= 15 is 0 Å². The number of fused-ring (bicyclic) bond motifs is 3. The second-order valence-electron chi connectivity index (χ2n) is 9.38. The van der Waals surface area contributed by atoms with Gasteiger partial charge in [0.1, 0.15) is 4.83 Å². The first-order chi connectivity index (χ1) is 16.9. The Morgan fingerprint density at radius 1 is 1.26 bits per heavy atom. The van der Waals surface area contributed by atoms with E-state index in [4.69, 9.17) is 4.98 Å². The third-order valence-electron chi connectivity index (χ3n) is 7.12. The SMILES string of the molecule is CCC(C)n1c(SCC(=O)c2cc(C)n(Cc3cccs3)c2C)nc2sc3c(c2c1=O)CCCC3. The summed E-state index contributed by atoms with van der Waals surface area (Å²) in [5.74, 6) is 0.346. The van der Waals surface area contributed by atoms with Gasteiger partial charge in [0.2, 0.25) is 0 Å². The maximum Gasteiger partial charge on any atom is 0.263 e. The highest BCUT2D eigenvalue weighted by atomic mass is 32.2. The van der Waals surface area contributed by atoms with E-state index in [1.54, 1.807) is 22.7 Å². The summed E-state index contributed by atoms with van der Waals surface area (Å²) >= 11 is 4.80. The van der Waals surface area contributed by atoms with E-state index in [9.17, 15) is 9.59 Å². The molecule has 5 nitrogen and oxygen atoms in total. The van der Waals surface area contributed by atoms with Gasteiger partial charge in [0.15, 0.2) is 10.9 Å². The van der Waals surface area contributed by atoms with Crippen molar-refractivity contribution in [3.63, 3.8) is 0 Å². The van der Waals surface area contributed by atoms with E-state index in [1.165, 1.54) is 33.5 Å². The van der Waals surface area contributed by atoms with Crippen LogP contribution in [0.1, 0.15) is 76.2 Å². The minimum absolute atomic E-state index is 0.0343. The molecule has 4 aromatic rings. The summed E-state index contributed by atoms with van der Waals surface area (Å²) in [7, 11) is 0. The molecule has 0 amide bonds. The largest absolute Gasteiger partial charge is 0.343 e. The third kappa shape index (κ3) is 4.56. The molecule has 4 aromatic heterocycles. The van der Waals surface area contributed by atoms with Gasteiger partial charge in [0.25, 0.3) is 5.56 Å². The Balaban J connectivity index is 1.45. The Labute approximate surface area is 218 Å². The third-order valence-corrected chi connectivity index (χ3v) is 10.1. The molecule has 1 aliphatic rings. The summed E-state index contributed by atoms with van der Waals surface area (Å²) in [5, 5.41) is 3.56. The quantitative estimate of drug-likeness (QED) is 0.144. The summed E-state index contributed by atoms with van der Waals surface area (Å²) in [6.45, 7) is 9.02. The van der Waals surface area contributed by atoms with Crippen molar-refractivity contribution < 1.29 is 4.79 Å². The average molecular weight is 526 g/mol. The Morgan fingerprint density at radius 2 is 2.06 bits per heavy atom. The van der Waals surface area contributed by atoms with Crippen molar-refractivity contribution in [2.45, 2.75) is 77.5 Å². The highest BCUT2D eigenvalue weighted by Crippen LogP contribution is 2.35. The van der Waals surface area contributed by atoms with Gasteiger partial charge in [0.05, 0.1) is 17.7 Å². The zero-order valence-corrected chi connectivity index (χ0v) is 23.2. The molecule has 35 heavy (non-hydrogen) atoms. The molecule has 4 heterocycles. The topological polar surface area (TPSA) is 56.9 Å². The van der Waals surface area contributed by atoms with E-state index in [2.05, 4.69) is 42.9 Å². The number of rotatable bonds is 8. The van der Waals surface area contributed by atoms with Gasteiger partial charge < -0.3 is 4.57 Å². The van der Waals surface area contributed by atoms with Crippen LogP contribution in [-0.4, -0.2) is 25.7 Å². The molecular formula is C27H31N3O2S3. The number of aryl methyl sites for hydroxylation is 3. The minimum atomic E-state index is 0.0343. The number of carbonyl (C=O) groups excluding carboxylic acids is 1. The number of thiophene rings is 2. The number of aromatic nitrogens is 3. The van der Waals surface area contributed by atoms with Gasteiger partial charge in [-0.25, -0.2) is 4.98 Å². The van der Waals surface area contributed by atoms with Crippen LogP contribution in [0.15, 0.2) is 33.5 Å². The van der Waals surface area contributed by atoms with Gasteiger partial charge in [-0.2, -0.15) is 0 Å². The zero-order valence-electron chi connectivity index (χ0n) is 20.7. The van der Waals surface area contributed by atoms with Gasteiger partial charge >= 0.3 is 0 Å². The highest BCUT2D eigenvalue weighted by molar-refractivity contribution is 7.99. The standard InChI is InChI=1S/C27H31N3O2S3/c1-5-16(2)30-26(32)24-20-10-6-7-11-23(20)35-25(24)28-27(30)34-15-22(31)21-13-17(3)29(18(21)4)14-19-9-8-12-33-19/h8-9,12-13,16H,5-7,10-11,14-15H2,1-4H3. The molecule has 184 valence electrons. The summed E-state index contributed by atoms with van der Waals surface area (Å²) in [5.41, 5.74) is 4.13. The molecule has 1 atom stereocenters. The van der Waals surface area contributed by atoms with E-state index in [0.717, 1.165) is 59.4 Å². The predicted molar refractivity (Wildman–Crippen MR) is 148 cm³/mol. The highest BCUT2D eigenvalue weighted by Gasteiger charge is 2.24. The van der Waals surface area contributed by atoms with Crippen LogP contribution in [0, 0.1) is 13.8 Å². The number of hydrogen-bond donors (Lipinski definition) is 0. The molecule has 0 saturated heterocycles. The number of nitrogens with zero attached hydrogens (tertiary/aromatic N) is 3. The lowest BCUT2D eigenvalue weighted by Gasteiger charge is -2.18. The van der Waals surface area contributed by atoms with E-state index in [0.29, 0.717) is 5.16 Å². The van der Waals surface area contributed by atoms with E-state index in [-0.39, 0.29) is 23.1 Å².